The highest BCUT2D eigenvalue weighted by Crippen LogP contribution is 2.32. The number of benzene rings is 1. The third kappa shape index (κ3) is 4.54. The van der Waals surface area contributed by atoms with Crippen molar-refractivity contribution in [1.29, 1.82) is 0 Å². The first-order valence-corrected chi connectivity index (χ1v) is 8.28. The quantitative estimate of drug-likeness (QED) is 0.809. The van der Waals surface area contributed by atoms with Crippen molar-refractivity contribution in [3.8, 4) is 0 Å². The fourth-order valence-electron chi connectivity index (χ4n) is 3.36. The smallest absolute Gasteiger partial charge is 0.239 e. The summed E-state index contributed by atoms with van der Waals surface area (Å²) in [6.45, 7) is 4.48. The number of hydrogen-bond donors (Lipinski definition) is 2. The van der Waals surface area contributed by atoms with Gasteiger partial charge < -0.3 is 5.73 Å². The molecule has 0 aromatic heterocycles. The molecule has 1 aliphatic carbocycles. The lowest BCUT2D eigenvalue weighted by atomic mass is 9.92. The van der Waals surface area contributed by atoms with E-state index < -0.39 is 11.9 Å². The Labute approximate surface area is 132 Å². The van der Waals surface area contributed by atoms with Gasteiger partial charge in [0.2, 0.25) is 5.91 Å². The van der Waals surface area contributed by atoms with E-state index in [-0.39, 0.29) is 5.82 Å². The van der Waals surface area contributed by atoms with Crippen LogP contribution in [0.3, 0.4) is 0 Å². The first-order valence-electron chi connectivity index (χ1n) is 8.28. The van der Waals surface area contributed by atoms with Gasteiger partial charge in [0.15, 0.2) is 0 Å². The third-order valence-electron chi connectivity index (χ3n) is 4.64. The molecule has 0 saturated heterocycles. The van der Waals surface area contributed by atoms with Crippen molar-refractivity contribution >= 4 is 5.91 Å². The number of carbonyl (C=O) groups is 1. The van der Waals surface area contributed by atoms with Crippen LogP contribution in [0.15, 0.2) is 24.3 Å². The Morgan fingerprint density at radius 3 is 2.59 bits per heavy atom. The molecular formula is C18H27FN2O. The lowest BCUT2D eigenvalue weighted by molar-refractivity contribution is -0.120. The highest BCUT2D eigenvalue weighted by molar-refractivity contribution is 5.81. The van der Waals surface area contributed by atoms with Crippen molar-refractivity contribution in [2.24, 2.45) is 17.6 Å². The van der Waals surface area contributed by atoms with E-state index in [4.69, 9.17) is 5.73 Å². The van der Waals surface area contributed by atoms with E-state index in [1.165, 1.54) is 37.8 Å². The molecule has 0 heterocycles. The molecule has 1 fully saturated rings. The molecule has 0 aliphatic heterocycles. The van der Waals surface area contributed by atoms with Crippen LogP contribution in [-0.2, 0) is 4.79 Å². The normalized spacial score (nSPS) is 22.9. The Balaban J connectivity index is 2.04. The molecule has 1 amide bonds. The van der Waals surface area contributed by atoms with Crippen molar-refractivity contribution in [1.82, 2.24) is 5.32 Å². The molecule has 0 spiro atoms. The van der Waals surface area contributed by atoms with Gasteiger partial charge in [-0.15, -0.1) is 0 Å². The van der Waals surface area contributed by atoms with E-state index in [2.05, 4.69) is 19.2 Å². The van der Waals surface area contributed by atoms with E-state index >= 15 is 0 Å². The molecule has 0 radical (unpaired) electrons. The monoisotopic (exact) mass is 306 g/mol. The van der Waals surface area contributed by atoms with E-state index in [0.29, 0.717) is 17.9 Å². The second kappa shape index (κ2) is 7.73. The van der Waals surface area contributed by atoms with Gasteiger partial charge in [-0.25, -0.2) is 4.39 Å². The van der Waals surface area contributed by atoms with Gasteiger partial charge >= 0.3 is 0 Å². The van der Waals surface area contributed by atoms with Crippen molar-refractivity contribution in [2.45, 2.75) is 58.0 Å². The summed E-state index contributed by atoms with van der Waals surface area (Å²) < 4.78 is 13.1. The molecule has 3 nitrogen and oxygen atoms in total. The van der Waals surface area contributed by atoms with Gasteiger partial charge in [-0.05, 0) is 48.8 Å². The van der Waals surface area contributed by atoms with Crippen LogP contribution in [0.5, 0.6) is 0 Å². The van der Waals surface area contributed by atoms with Crippen LogP contribution < -0.4 is 11.1 Å². The van der Waals surface area contributed by atoms with E-state index in [9.17, 15) is 9.18 Å². The number of rotatable bonds is 7. The molecule has 2 rings (SSSR count). The van der Waals surface area contributed by atoms with Gasteiger partial charge in [0.05, 0.1) is 0 Å². The summed E-state index contributed by atoms with van der Waals surface area (Å²) >= 11 is 0. The zero-order chi connectivity index (χ0) is 16.1. The van der Waals surface area contributed by atoms with Crippen LogP contribution in [0.1, 0.15) is 57.6 Å². The van der Waals surface area contributed by atoms with Crippen LogP contribution in [0.4, 0.5) is 4.39 Å². The summed E-state index contributed by atoms with van der Waals surface area (Å²) in [5.74, 6) is 0.596. The lowest BCUT2D eigenvalue weighted by Gasteiger charge is -2.26. The largest absolute Gasteiger partial charge is 0.368 e. The maximum Gasteiger partial charge on any atom is 0.239 e. The lowest BCUT2D eigenvalue weighted by Crippen LogP contribution is -2.41. The van der Waals surface area contributed by atoms with Crippen LogP contribution in [0.25, 0.3) is 0 Å². The first kappa shape index (κ1) is 16.9. The zero-order valence-corrected chi connectivity index (χ0v) is 13.5. The van der Waals surface area contributed by atoms with Gasteiger partial charge in [-0.3, -0.25) is 10.1 Å². The number of nitrogens with two attached hydrogens (primary N) is 1. The maximum atomic E-state index is 13.1. The number of halogens is 1. The molecule has 3 atom stereocenters. The molecular weight excluding hydrogens is 279 g/mol. The molecule has 0 unspecified atom stereocenters. The molecule has 22 heavy (non-hydrogen) atoms. The second-order valence-electron chi connectivity index (χ2n) is 6.82. The molecule has 1 aromatic rings. The Kier molecular flexibility index (Phi) is 5.95. The fraction of sp³-hybridized carbons (Fsp3) is 0.611. The molecule has 4 heteroatoms. The first-order chi connectivity index (χ1) is 10.5. The second-order valence-corrected chi connectivity index (χ2v) is 6.82. The predicted octanol–water partition coefficient (Wildman–Crippen LogP) is 3.55. The summed E-state index contributed by atoms with van der Waals surface area (Å²) in [7, 11) is 0. The summed E-state index contributed by atoms with van der Waals surface area (Å²) in [5, 5.41) is 3.43. The topological polar surface area (TPSA) is 55.1 Å². The van der Waals surface area contributed by atoms with E-state index in [1.54, 1.807) is 12.1 Å². The van der Waals surface area contributed by atoms with Crippen LogP contribution >= 0.6 is 0 Å². The molecule has 122 valence electrons. The number of primary amides is 1. The highest BCUT2D eigenvalue weighted by Gasteiger charge is 2.31. The van der Waals surface area contributed by atoms with Crippen LogP contribution in [-0.4, -0.2) is 11.9 Å². The van der Waals surface area contributed by atoms with Gasteiger partial charge in [0.1, 0.15) is 11.9 Å². The molecule has 0 bridgehead atoms. The van der Waals surface area contributed by atoms with E-state index in [0.717, 1.165) is 12.0 Å². The van der Waals surface area contributed by atoms with Crippen LogP contribution in [0.2, 0.25) is 0 Å². The van der Waals surface area contributed by atoms with Crippen molar-refractivity contribution in [3.63, 3.8) is 0 Å². The van der Waals surface area contributed by atoms with Gasteiger partial charge in [-0.1, -0.05) is 38.8 Å². The Hall–Kier alpha value is -1.42. The number of amides is 1. The highest BCUT2D eigenvalue weighted by atomic mass is 19.1. The molecule has 3 N–H and O–H groups in total. The summed E-state index contributed by atoms with van der Waals surface area (Å²) in [6, 6.07) is 5.80. The van der Waals surface area contributed by atoms with Crippen molar-refractivity contribution in [3.05, 3.63) is 35.6 Å². The minimum Gasteiger partial charge on any atom is -0.368 e. The third-order valence-corrected chi connectivity index (χ3v) is 4.64. The molecule has 1 aromatic carbocycles. The minimum atomic E-state index is -0.537. The van der Waals surface area contributed by atoms with Gasteiger partial charge in [-0.2, -0.15) is 0 Å². The predicted molar refractivity (Wildman–Crippen MR) is 86.7 cm³/mol. The average Bonchev–Trinajstić information content (AvgIpc) is 2.90. The Bertz CT molecular complexity index is 486. The van der Waals surface area contributed by atoms with Crippen molar-refractivity contribution in [2.75, 3.05) is 0 Å². The molecule has 1 aliphatic rings. The summed E-state index contributed by atoms with van der Waals surface area (Å²) in [4.78, 5) is 11.8. The van der Waals surface area contributed by atoms with E-state index in [1.807, 2.05) is 0 Å². The Morgan fingerprint density at radius 1 is 1.32 bits per heavy atom. The Morgan fingerprint density at radius 2 is 2.00 bits per heavy atom. The number of hydrogen-bond acceptors (Lipinski definition) is 2. The summed E-state index contributed by atoms with van der Waals surface area (Å²) in [6.07, 6.45) is 5.87. The number of nitrogens with one attached hydrogen (secondary N) is 1. The average molecular weight is 306 g/mol. The molecule has 1 saturated carbocycles. The maximum absolute atomic E-state index is 13.1. The van der Waals surface area contributed by atoms with Crippen molar-refractivity contribution < 1.29 is 9.18 Å². The SMILES string of the molecule is CC(C)CC[C@@H]1CCC[C@@H]1N[C@@H](C(N)=O)c1ccc(F)cc1. The van der Waals surface area contributed by atoms with Gasteiger partial charge in [0, 0.05) is 6.04 Å². The summed E-state index contributed by atoms with van der Waals surface area (Å²) in [5.41, 5.74) is 6.30. The van der Waals surface area contributed by atoms with Gasteiger partial charge in [0.25, 0.3) is 0 Å². The fourth-order valence-corrected chi connectivity index (χ4v) is 3.36. The van der Waals surface area contributed by atoms with Crippen LogP contribution in [0, 0.1) is 17.7 Å². The minimum absolute atomic E-state index is 0.303. The number of carbonyl (C=O) groups excluding carboxylic acids is 1. The standard InChI is InChI=1S/C18H27FN2O/c1-12(2)6-7-13-4-3-5-16(13)21-17(18(20)22)14-8-10-15(19)11-9-14/h8-13,16-17,21H,3-7H2,1-2H3,(H2,20,22)/t13-,16-,17+/m0/s1. The zero-order valence-electron chi connectivity index (χ0n) is 13.5.